The molecule has 2 aliphatic rings. The van der Waals surface area contributed by atoms with Gasteiger partial charge in [-0.05, 0) is 44.2 Å². The molecule has 7 heteroatoms. The molecule has 2 saturated heterocycles. The molecule has 0 aromatic heterocycles. The number of nitrogens with one attached hydrogen (secondary N) is 1. The second-order valence-electron chi connectivity index (χ2n) is 8.38. The fourth-order valence-corrected chi connectivity index (χ4v) is 4.37. The SMILES string of the molecule is CC(C)N1CCN(c2ccc(C(=O)N3CCNC(=O)C3c3ccccc3F)cc2)CC1. The summed E-state index contributed by atoms with van der Waals surface area (Å²) in [6.07, 6.45) is 0. The van der Waals surface area contributed by atoms with Crippen LogP contribution >= 0.6 is 0 Å². The van der Waals surface area contributed by atoms with Gasteiger partial charge in [-0.1, -0.05) is 18.2 Å². The quantitative estimate of drug-likeness (QED) is 0.820. The van der Waals surface area contributed by atoms with Gasteiger partial charge in [0, 0.05) is 62.1 Å². The number of halogens is 1. The summed E-state index contributed by atoms with van der Waals surface area (Å²) in [5, 5.41) is 2.75. The van der Waals surface area contributed by atoms with Crippen LogP contribution in [0, 0.1) is 5.82 Å². The maximum absolute atomic E-state index is 14.4. The summed E-state index contributed by atoms with van der Waals surface area (Å²) in [7, 11) is 0. The first-order valence-electron chi connectivity index (χ1n) is 10.9. The molecule has 4 rings (SSSR count). The van der Waals surface area contributed by atoms with E-state index in [1.54, 1.807) is 30.3 Å². The normalized spacial score (nSPS) is 20.1. The highest BCUT2D eigenvalue weighted by atomic mass is 19.1. The zero-order valence-corrected chi connectivity index (χ0v) is 18.1. The number of piperazine rings is 2. The highest BCUT2D eigenvalue weighted by molar-refractivity contribution is 5.98. The van der Waals surface area contributed by atoms with Gasteiger partial charge in [0.1, 0.15) is 11.9 Å². The van der Waals surface area contributed by atoms with Gasteiger partial charge in [-0.2, -0.15) is 0 Å². The van der Waals surface area contributed by atoms with Gasteiger partial charge in [0.2, 0.25) is 5.91 Å². The number of rotatable bonds is 4. The Labute approximate surface area is 182 Å². The first-order chi connectivity index (χ1) is 15.0. The average molecular weight is 425 g/mol. The number of carbonyl (C=O) groups is 2. The standard InChI is InChI=1S/C24H29FN4O2/c1-17(2)27-13-15-28(16-14-27)19-9-7-18(8-10-19)24(31)29-12-11-26-23(30)22(29)20-5-3-4-6-21(20)25/h3-10,17,22H,11-16H2,1-2H3,(H,26,30). The van der Waals surface area contributed by atoms with Crippen LogP contribution in [0.5, 0.6) is 0 Å². The predicted octanol–water partition coefficient (Wildman–Crippen LogP) is 2.67. The van der Waals surface area contributed by atoms with Crippen LogP contribution in [0.25, 0.3) is 0 Å². The molecule has 1 unspecified atom stereocenters. The lowest BCUT2D eigenvalue weighted by Crippen LogP contribution is -2.52. The van der Waals surface area contributed by atoms with Crippen LogP contribution in [0.2, 0.25) is 0 Å². The lowest BCUT2D eigenvalue weighted by atomic mass is 10.0. The third kappa shape index (κ3) is 4.42. The molecule has 164 valence electrons. The highest BCUT2D eigenvalue weighted by Crippen LogP contribution is 2.28. The molecule has 0 radical (unpaired) electrons. The molecule has 0 aliphatic carbocycles. The molecular formula is C24H29FN4O2. The Morgan fingerprint density at radius 2 is 1.68 bits per heavy atom. The van der Waals surface area contributed by atoms with E-state index < -0.39 is 11.9 Å². The van der Waals surface area contributed by atoms with E-state index in [1.807, 2.05) is 12.1 Å². The Balaban J connectivity index is 1.51. The fourth-order valence-electron chi connectivity index (χ4n) is 4.37. The van der Waals surface area contributed by atoms with Crippen molar-refractivity contribution in [2.24, 2.45) is 0 Å². The van der Waals surface area contributed by atoms with Crippen LogP contribution in [-0.4, -0.2) is 66.9 Å². The number of amides is 2. The Morgan fingerprint density at radius 1 is 1.00 bits per heavy atom. The smallest absolute Gasteiger partial charge is 0.254 e. The Bertz CT molecular complexity index is 939. The van der Waals surface area contributed by atoms with Crippen molar-refractivity contribution in [2.75, 3.05) is 44.2 Å². The van der Waals surface area contributed by atoms with Crippen LogP contribution in [0.3, 0.4) is 0 Å². The molecule has 31 heavy (non-hydrogen) atoms. The molecule has 0 saturated carbocycles. The maximum atomic E-state index is 14.4. The number of anilines is 1. The fraction of sp³-hybridized carbons (Fsp3) is 0.417. The minimum Gasteiger partial charge on any atom is -0.369 e. The van der Waals surface area contributed by atoms with Gasteiger partial charge in [-0.15, -0.1) is 0 Å². The largest absolute Gasteiger partial charge is 0.369 e. The van der Waals surface area contributed by atoms with Crippen molar-refractivity contribution in [2.45, 2.75) is 25.9 Å². The minimum atomic E-state index is -0.966. The molecule has 2 aromatic carbocycles. The molecule has 2 fully saturated rings. The van der Waals surface area contributed by atoms with E-state index >= 15 is 0 Å². The lowest BCUT2D eigenvalue weighted by molar-refractivity contribution is -0.128. The number of hydrogen-bond donors (Lipinski definition) is 1. The van der Waals surface area contributed by atoms with Crippen LogP contribution < -0.4 is 10.2 Å². The van der Waals surface area contributed by atoms with E-state index in [9.17, 15) is 14.0 Å². The van der Waals surface area contributed by atoms with Crippen LogP contribution in [0.1, 0.15) is 35.8 Å². The molecule has 2 amide bonds. The van der Waals surface area contributed by atoms with Crippen molar-refractivity contribution in [1.82, 2.24) is 15.1 Å². The summed E-state index contributed by atoms with van der Waals surface area (Å²) in [5.74, 6) is -1.11. The second-order valence-corrected chi connectivity index (χ2v) is 8.38. The van der Waals surface area contributed by atoms with Crippen LogP contribution in [-0.2, 0) is 4.79 Å². The zero-order valence-electron chi connectivity index (χ0n) is 18.1. The third-order valence-electron chi connectivity index (χ3n) is 6.20. The van der Waals surface area contributed by atoms with Crippen molar-refractivity contribution in [3.8, 4) is 0 Å². The zero-order chi connectivity index (χ0) is 22.0. The maximum Gasteiger partial charge on any atom is 0.254 e. The van der Waals surface area contributed by atoms with Gasteiger partial charge < -0.3 is 15.1 Å². The van der Waals surface area contributed by atoms with E-state index in [0.29, 0.717) is 24.7 Å². The lowest BCUT2D eigenvalue weighted by Gasteiger charge is -2.38. The summed E-state index contributed by atoms with van der Waals surface area (Å²) in [6, 6.07) is 13.2. The summed E-state index contributed by atoms with van der Waals surface area (Å²) in [5.41, 5.74) is 1.80. The van der Waals surface area contributed by atoms with Gasteiger partial charge in [0.15, 0.2) is 0 Å². The molecule has 2 aliphatic heterocycles. The average Bonchev–Trinajstić information content (AvgIpc) is 2.79. The van der Waals surface area contributed by atoms with Gasteiger partial charge >= 0.3 is 0 Å². The number of benzene rings is 2. The molecular weight excluding hydrogens is 395 g/mol. The summed E-state index contributed by atoms with van der Waals surface area (Å²) >= 11 is 0. The number of nitrogens with zero attached hydrogens (tertiary/aromatic N) is 3. The monoisotopic (exact) mass is 424 g/mol. The van der Waals surface area contributed by atoms with Crippen molar-refractivity contribution in [3.63, 3.8) is 0 Å². The molecule has 2 heterocycles. The molecule has 0 spiro atoms. The van der Waals surface area contributed by atoms with Crippen molar-refractivity contribution >= 4 is 17.5 Å². The molecule has 1 atom stereocenters. The first-order valence-corrected chi connectivity index (χ1v) is 10.9. The highest BCUT2D eigenvalue weighted by Gasteiger charge is 2.36. The number of carbonyl (C=O) groups excluding carboxylic acids is 2. The summed E-state index contributed by atoms with van der Waals surface area (Å²) < 4.78 is 14.4. The molecule has 1 N–H and O–H groups in total. The Kier molecular flexibility index (Phi) is 6.23. The first kappa shape index (κ1) is 21.3. The van der Waals surface area contributed by atoms with Gasteiger partial charge in [-0.25, -0.2) is 4.39 Å². The molecule has 0 bridgehead atoms. The van der Waals surface area contributed by atoms with Gasteiger partial charge in [0.25, 0.3) is 5.91 Å². The van der Waals surface area contributed by atoms with E-state index in [1.165, 1.54) is 11.0 Å². The van der Waals surface area contributed by atoms with Crippen LogP contribution in [0.4, 0.5) is 10.1 Å². The van der Waals surface area contributed by atoms with E-state index in [2.05, 4.69) is 29.0 Å². The van der Waals surface area contributed by atoms with Gasteiger partial charge in [-0.3, -0.25) is 14.5 Å². The van der Waals surface area contributed by atoms with Crippen molar-refractivity contribution < 1.29 is 14.0 Å². The Hall–Kier alpha value is -2.93. The van der Waals surface area contributed by atoms with E-state index in [4.69, 9.17) is 0 Å². The van der Waals surface area contributed by atoms with E-state index in [-0.39, 0.29) is 17.4 Å². The predicted molar refractivity (Wildman–Crippen MR) is 119 cm³/mol. The number of hydrogen-bond acceptors (Lipinski definition) is 4. The third-order valence-corrected chi connectivity index (χ3v) is 6.20. The Morgan fingerprint density at radius 3 is 2.32 bits per heavy atom. The molecule has 6 nitrogen and oxygen atoms in total. The molecule has 2 aromatic rings. The summed E-state index contributed by atoms with van der Waals surface area (Å²) in [6.45, 7) is 9.06. The van der Waals surface area contributed by atoms with Crippen LogP contribution in [0.15, 0.2) is 48.5 Å². The topological polar surface area (TPSA) is 55.9 Å². The van der Waals surface area contributed by atoms with E-state index in [0.717, 1.165) is 31.9 Å². The van der Waals surface area contributed by atoms with Gasteiger partial charge in [0.05, 0.1) is 0 Å². The second kappa shape index (κ2) is 9.06. The minimum absolute atomic E-state index is 0.215. The van der Waals surface area contributed by atoms with Crippen molar-refractivity contribution in [3.05, 3.63) is 65.5 Å². The summed E-state index contributed by atoms with van der Waals surface area (Å²) in [4.78, 5) is 32.0. The van der Waals surface area contributed by atoms with Crippen molar-refractivity contribution in [1.29, 1.82) is 0 Å².